The molecule has 1 amide bonds. The van der Waals surface area contributed by atoms with Crippen molar-refractivity contribution < 1.29 is 4.79 Å². The number of carbonyl (C=O) groups excluding carboxylic acids is 1. The second-order valence-electron chi connectivity index (χ2n) is 6.31. The fraction of sp³-hybridized carbons (Fsp3) is 0.688. The molecular weight excluding hydrogens is 268 g/mol. The zero-order valence-corrected chi connectivity index (χ0v) is 13.3. The zero-order valence-electron chi connectivity index (χ0n) is 12.5. The minimum absolute atomic E-state index is 0.0221. The summed E-state index contributed by atoms with van der Waals surface area (Å²) in [6.07, 6.45) is 3.65. The Balaban J connectivity index is 1.87. The van der Waals surface area contributed by atoms with Gasteiger partial charge in [-0.15, -0.1) is 0 Å². The van der Waals surface area contributed by atoms with Crippen LogP contribution in [-0.4, -0.2) is 22.9 Å². The van der Waals surface area contributed by atoms with Crippen molar-refractivity contribution in [2.45, 2.75) is 58.3 Å². The minimum Gasteiger partial charge on any atom is -0.319 e. The molecule has 1 saturated heterocycles. The molecule has 3 rings (SSSR count). The Morgan fingerprint density at radius 2 is 2.20 bits per heavy atom. The van der Waals surface area contributed by atoms with Crippen LogP contribution in [0.15, 0.2) is 16.8 Å². The van der Waals surface area contributed by atoms with Gasteiger partial charge < -0.3 is 4.90 Å². The highest BCUT2D eigenvalue weighted by Gasteiger charge is 2.47. The van der Waals surface area contributed by atoms with Crippen LogP contribution in [0.2, 0.25) is 0 Å². The van der Waals surface area contributed by atoms with E-state index >= 15 is 0 Å². The lowest BCUT2D eigenvalue weighted by Crippen LogP contribution is -2.40. The molecule has 0 spiro atoms. The number of thiophene rings is 1. The van der Waals surface area contributed by atoms with E-state index in [-0.39, 0.29) is 12.2 Å². The number of nitrogens with one attached hydrogen (secondary N) is 1. The van der Waals surface area contributed by atoms with Crippen LogP contribution in [0.5, 0.6) is 0 Å². The van der Waals surface area contributed by atoms with Gasteiger partial charge in [-0.1, -0.05) is 20.3 Å². The lowest BCUT2D eigenvalue weighted by molar-refractivity contribution is -0.133. The highest BCUT2D eigenvalue weighted by atomic mass is 32.1. The Morgan fingerprint density at radius 1 is 1.45 bits per heavy atom. The lowest BCUT2D eigenvalue weighted by atomic mass is 9.99. The van der Waals surface area contributed by atoms with Gasteiger partial charge in [-0.25, -0.2) is 0 Å². The summed E-state index contributed by atoms with van der Waals surface area (Å²) in [5.41, 5.74) is 1.24. The summed E-state index contributed by atoms with van der Waals surface area (Å²) in [5.74, 6) is 1.40. The van der Waals surface area contributed by atoms with Gasteiger partial charge in [0.2, 0.25) is 5.91 Å². The van der Waals surface area contributed by atoms with Crippen LogP contribution in [-0.2, 0) is 4.79 Å². The second-order valence-corrected chi connectivity index (χ2v) is 7.09. The van der Waals surface area contributed by atoms with E-state index in [1.807, 2.05) is 0 Å². The molecule has 1 aliphatic heterocycles. The van der Waals surface area contributed by atoms with Crippen molar-refractivity contribution in [3.8, 4) is 0 Å². The quantitative estimate of drug-likeness (QED) is 0.902. The number of nitrogens with zero attached hydrogens (tertiary/aromatic N) is 1. The third kappa shape index (κ3) is 2.40. The molecule has 2 aliphatic rings. The molecule has 4 heteroatoms. The van der Waals surface area contributed by atoms with E-state index in [1.165, 1.54) is 18.4 Å². The monoisotopic (exact) mass is 292 g/mol. The zero-order chi connectivity index (χ0) is 14.3. The van der Waals surface area contributed by atoms with Crippen molar-refractivity contribution in [2.24, 2.45) is 11.8 Å². The molecule has 1 N–H and O–H groups in total. The van der Waals surface area contributed by atoms with E-state index in [0.717, 1.165) is 6.42 Å². The Kier molecular flexibility index (Phi) is 3.87. The van der Waals surface area contributed by atoms with Crippen LogP contribution in [0.25, 0.3) is 0 Å². The van der Waals surface area contributed by atoms with Crippen molar-refractivity contribution in [3.63, 3.8) is 0 Å². The molecular formula is C16H24N2OS. The number of hydrogen-bond donors (Lipinski definition) is 1. The summed E-state index contributed by atoms with van der Waals surface area (Å²) in [6, 6.07) is 2.47. The summed E-state index contributed by atoms with van der Waals surface area (Å²) in [5, 5.41) is 7.85. The van der Waals surface area contributed by atoms with Gasteiger partial charge in [0, 0.05) is 6.04 Å². The topological polar surface area (TPSA) is 32.3 Å². The second kappa shape index (κ2) is 5.49. The van der Waals surface area contributed by atoms with Crippen molar-refractivity contribution in [1.82, 2.24) is 10.2 Å². The Labute approximate surface area is 125 Å². The van der Waals surface area contributed by atoms with E-state index in [4.69, 9.17) is 0 Å². The first-order valence-corrected chi connectivity index (χ1v) is 8.68. The van der Waals surface area contributed by atoms with Crippen LogP contribution >= 0.6 is 11.3 Å². The van der Waals surface area contributed by atoms with Gasteiger partial charge in [0.25, 0.3) is 0 Å². The van der Waals surface area contributed by atoms with Crippen LogP contribution in [0.1, 0.15) is 51.8 Å². The first kappa shape index (κ1) is 14.1. The molecule has 4 unspecified atom stereocenters. The average molecular weight is 292 g/mol. The highest BCUT2D eigenvalue weighted by Crippen LogP contribution is 2.41. The van der Waals surface area contributed by atoms with Gasteiger partial charge in [0.05, 0.1) is 6.04 Å². The fourth-order valence-electron chi connectivity index (χ4n) is 3.18. The first-order chi connectivity index (χ1) is 9.63. The van der Waals surface area contributed by atoms with Gasteiger partial charge in [-0.2, -0.15) is 11.3 Å². The summed E-state index contributed by atoms with van der Waals surface area (Å²) in [4.78, 5) is 15.0. The summed E-state index contributed by atoms with van der Waals surface area (Å²) in [7, 11) is 0. The maximum atomic E-state index is 12.9. The molecule has 1 aromatic rings. The molecule has 2 heterocycles. The molecule has 2 fully saturated rings. The number of hydrogen-bond acceptors (Lipinski definition) is 3. The van der Waals surface area contributed by atoms with Gasteiger partial charge >= 0.3 is 0 Å². The Hall–Kier alpha value is -0.870. The highest BCUT2D eigenvalue weighted by molar-refractivity contribution is 7.07. The summed E-state index contributed by atoms with van der Waals surface area (Å²) in [6.45, 7) is 6.55. The summed E-state index contributed by atoms with van der Waals surface area (Å²) < 4.78 is 0. The van der Waals surface area contributed by atoms with Crippen molar-refractivity contribution >= 4 is 17.2 Å². The Morgan fingerprint density at radius 3 is 2.75 bits per heavy atom. The van der Waals surface area contributed by atoms with Crippen molar-refractivity contribution in [3.05, 3.63) is 22.4 Å². The van der Waals surface area contributed by atoms with Crippen LogP contribution in [0.4, 0.5) is 0 Å². The van der Waals surface area contributed by atoms with Crippen LogP contribution in [0, 0.1) is 11.8 Å². The minimum atomic E-state index is -0.0221. The van der Waals surface area contributed by atoms with Gasteiger partial charge in [0.1, 0.15) is 6.17 Å². The first-order valence-electron chi connectivity index (χ1n) is 7.73. The maximum absolute atomic E-state index is 12.9. The third-order valence-electron chi connectivity index (χ3n) is 4.95. The number of carbonyl (C=O) groups is 1. The maximum Gasteiger partial charge on any atom is 0.241 e. The molecule has 0 radical (unpaired) electrons. The predicted molar refractivity (Wildman–Crippen MR) is 82.5 cm³/mol. The van der Waals surface area contributed by atoms with Gasteiger partial charge in [-0.05, 0) is 54.0 Å². The molecule has 4 atom stereocenters. The van der Waals surface area contributed by atoms with Gasteiger partial charge in [0.15, 0.2) is 0 Å². The smallest absolute Gasteiger partial charge is 0.241 e. The molecule has 1 saturated carbocycles. The molecule has 20 heavy (non-hydrogen) atoms. The molecule has 1 aromatic heterocycles. The predicted octanol–water partition coefficient (Wildman–Crippen LogP) is 3.39. The van der Waals surface area contributed by atoms with E-state index in [2.05, 4.69) is 47.8 Å². The molecule has 110 valence electrons. The van der Waals surface area contributed by atoms with Crippen molar-refractivity contribution in [1.29, 1.82) is 0 Å². The van der Waals surface area contributed by atoms with Crippen LogP contribution < -0.4 is 5.32 Å². The third-order valence-corrected chi connectivity index (χ3v) is 5.65. The van der Waals surface area contributed by atoms with E-state index in [0.29, 0.717) is 23.8 Å². The summed E-state index contributed by atoms with van der Waals surface area (Å²) >= 11 is 1.70. The molecule has 3 nitrogen and oxygen atoms in total. The molecule has 1 aliphatic carbocycles. The van der Waals surface area contributed by atoms with E-state index < -0.39 is 0 Å². The SMILES string of the molecule is CCC(C)C1NC(c2ccsc2)N(C(C)C2CC2)C1=O. The standard InChI is InChI=1S/C16H24N2OS/c1-4-10(2)14-16(19)18(11(3)12-5-6-12)15(17-14)13-7-8-20-9-13/h7-12,14-15,17H,4-6H2,1-3H3. The van der Waals surface area contributed by atoms with Gasteiger partial charge in [-0.3, -0.25) is 10.1 Å². The van der Waals surface area contributed by atoms with E-state index in [1.54, 1.807) is 11.3 Å². The normalized spacial score (nSPS) is 29.8. The fourth-order valence-corrected chi connectivity index (χ4v) is 3.86. The van der Waals surface area contributed by atoms with Crippen LogP contribution in [0.3, 0.4) is 0 Å². The largest absolute Gasteiger partial charge is 0.319 e. The van der Waals surface area contributed by atoms with E-state index in [9.17, 15) is 4.79 Å². The number of rotatable bonds is 5. The lowest BCUT2D eigenvalue weighted by Gasteiger charge is -2.30. The number of amides is 1. The van der Waals surface area contributed by atoms with Crippen molar-refractivity contribution in [2.75, 3.05) is 0 Å². The molecule has 0 bridgehead atoms. The molecule has 0 aromatic carbocycles. The Bertz CT molecular complexity index is 469. The average Bonchev–Trinajstić information content (AvgIpc) is 3.05.